The highest BCUT2D eigenvalue weighted by Gasteiger charge is 2.58. The third-order valence-electron chi connectivity index (χ3n) is 14.5. The maximum atomic E-state index is 14.6. The van der Waals surface area contributed by atoms with Crippen LogP contribution in [0, 0.1) is 17.8 Å². The molecule has 1 aromatic carbocycles. The molecule has 64 heavy (non-hydrogen) atoms. The molecule has 3 fully saturated rings. The number of carbonyl (C=O) groups excluding carboxylic acids is 1. The molecular formula is C48H82N4O12. The first-order chi connectivity index (χ1) is 30.1. The number of rotatable bonds is 13. The first-order valence-corrected chi connectivity index (χ1v) is 23.6. The van der Waals surface area contributed by atoms with E-state index in [4.69, 9.17) is 33.2 Å². The Morgan fingerprint density at radius 3 is 2.33 bits per heavy atom. The van der Waals surface area contributed by atoms with Gasteiger partial charge in [0.25, 0.3) is 0 Å². The number of methoxy groups -OCH3 is 1. The van der Waals surface area contributed by atoms with E-state index in [2.05, 4.69) is 20.9 Å². The summed E-state index contributed by atoms with van der Waals surface area (Å²) >= 11 is 0. The maximum Gasteiger partial charge on any atom is 0.311 e. The van der Waals surface area contributed by atoms with Gasteiger partial charge in [-0.2, -0.15) is 0 Å². The van der Waals surface area contributed by atoms with Gasteiger partial charge in [-0.1, -0.05) is 39.8 Å². The molecular weight excluding hydrogens is 825 g/mol. The number of aromatic nitrogens is 1. The predicted octanol–water partition coefficient (Wildman–Crippen LogP) is 4.15. The van der Waals surface area contributed by atoms with Gasteiger partial charge in [-0.05, 0) is 112 Å². The summed E-state index contributed by atoms with van der Waals surface area (Å²) in [7, 11) is 3.42. The van der Waals surface area contributed by atoms with Crippen LogP contribution in [0.1, 0.15) is 108 Å². The molecule has 2 aromatic rings. The molecule has 16 heteroatoms. The number of hydrogen-bond acceptors (Lipinski definition) is 15. The van der Waals surface area contributed by atoms with Crippen LogP contribution in [0.5, 0.6) is 5.75 Å². The van der Waals surface area contributed by atoms with Gasteiger partial charge < -0.3 is 74.5 Å². The van der Waals surface area contributed by atoms with Crippen molar-refractivity contribution >= 4 is 16.9 Å². The number of benzene rings is 1. The Morgan fingerprint density at radius 1 is 0.953 bits per heavy atom. The topological polar surface area (TPSA) is 214 Å². The molecule has 4 heterocycles. The number of likely N-dealkylation sites (N-methyl/N-ethyl adjacent to an activating group) is 1. The van der Waals surface area contributed by atoms with E-state index in [-0.39, 0.29) is 43.9 Å². The molecule has 3 saturated heterocycles. The number of aliphatic hydroxyl groups is 4. The van der Waals surface area contributed by atoms with E-state index in [1.807, 2.05) is 72.1 Å². The van der Waals surface area contributed by atoms with Crippen LogP contribution in [0.4, 0.5) is 0 Å². The largest absolute Gasteiger partial charge is 0.481 e. The number of ether oxygens (including phenoxy) is 7. The zero-order valence-electron chi connectivity index (χ0n) is 40.7. The second-order valence-corrected chi connectivity index (χ2v) is 19.8. The van der Waals surface area contributed by atoms with Gasteiger partial charge in [0.05, 0.1) is 47.5 Å². The van der Waals surface area contributed by atoms with Crippen molar-refractivity contribution in [2.75, 3.05) is 33.8 Å². The lowest BCUT2D eigenvalue weighted by Crippen LogP contribution is -2.70. The van der Waals surface area contributed by atoms with Crippen LogP contribution >= 0.6 is 0 Å². The molecule has 0 aliphatic carbocycles. The van der Waals surface area contributed by atoms with Gasteiger partial charge >= 0.3 is 5.97 Å². The molecule has 5 rings (SSSR count). The van der Waals surface area contributed by atoms with E-state index in [1.165, 1.54) is 6.92 Å². The smallest absolute Gasteiger partial charge is 0.311 e. The van der Waals surface area contributed by atoms with Crippen molar-refractivity contribution in [3.8, 4) is 5.75 Å². The van der Waals surface area contributed by atoms with Crippen molar-refractivity contribution in [2.24, 2.45) is 17.8 Å². The van der Waals surface area contributed by atoms with E-state index in [0.717, 1.165) is 17.3 Å². The lowest BCUT2D eigenvalue weighted by molar-refractivity contribution is -0.335. The summed E-state index contributed by atoms with van der Waals surface area (Å²) in [6, 6.07) is 6.99. The Hall–Kier alpha value is -2.45. The summed E-state index contributed by atoms with van der Waals surface area (Å²) in [6.45, 7) is 21.2. The monoisotopic (exact) mass is 907 g/mol. The van der Waals surface area contributed by atoms with Gasteiger partial charge in [-0.15, -0.1) is 0 Å². The molecule has 0 amide bonds. The lowest BCUT2D eigenvalue weighted by atomic mass is 9.75. The van der Waals surface area contributed by atoms with Gasteiger partial charge in [0.2, 0.25) is 0 Å². The second-order valence-electron chi connectivity index (χ2n) is 19.8. The summed E-state index contributed by atoms with van der Waals surface area (Å²) in [5, 5.41) is 59.5. The Morgan fingerprint density at radius 2 is 1.67 bits per heavy atom. The molecule has 0 spiro atoms. The quantitative estimate of drug-likeness (QED) is 0.105. The number of carbonyl (C=O) groups is 1. The number of H-pyrrole nitrogens is 1. The van der Waals surface area contributed by atoms with Crippen LogP contribution in [-0.2, 0) is 33.2 Å². The number of aromatic amines is 1. The molecule has 0 saturated carbocycles. The molecule has 0 radical (unpaired) electrons. The third-order valence-corrected chi connectivity index (χ3v) is 14.5. The molecule has 366 valence electrons. The molecule has 0 bridgehead atoms. The Kier molecular flexibility index (Phi) is 17.8. The second kappa shape index (κ2) is 21.7. The SMILES string of the molecule is CCCNC[C@]1(O)[C@H](C)O[C@@H](O[C@H]2[C@H](C)[C@@H](O[C@@H]3O[C@H](C)C[C@H](NC)[C@H]3Oc3cccc4cc[nH]c34)[C@](C)(O)C[C@@H](C)CN[C@H](C)[C@@H](O)[C@](C)(O)[C@@H](CC)OC(=O)[C@@H]2C)C[C@@]1(C)OC. The van der Waals surface area contributed by atoms with E-state index in [1.54, 1.807) is 41.7 Å². The third kappa shape index (κ3) is 11.3. The Balaban J connectivity index is 1.60. The maximum absolute atomic E-state index is 14.6. The van der Waals surface area contributed by atoms with Gasteiger partial charge in [0, 0.05) is 43.6 Å². The van der Waals surface area contributed by atoms with Crippen molar-refractivity contribution in [3.05, 3.63) is 30.5 Å². The van der Waals surface area contributed by atoms with Crippen molar-refractivity contribution in [3.63, 3.8) is 0 Å². The Labute approximate surface area is 381 Å². The van der Waals surface area contributed by atoms with Crippen LogP contribution in [0.3, 0.4) is 0 Å². The average Bonchev–Trinajstić information content (AvgIpc) is 3.74. The van der Waals surface area contributed by atoms with Gasteiger partial charge in [-0.25, -0.2) is 0 Å². The highest BCUT2D eigenvalue weighted by atomic mass is 16.7. The van der Waals surface area contributed by atoms with E-state index in [9.17, 15) is 25.2 Å². The van der Waals surface area contributed by atoms with Gasteiger partial charge in [-0.3, -0.25) is 4.79 Å². The van der Waals surface area contributed by atoms with Gasteiger partial charge in [0.15, 0.2) is 18.7 Å². The molecule has 3 aliphatic rings. The summed E-state index contributed by atoms with van der Waals surface area (Å²) in [6.07, 6.45) is -4.32. The fourth-order valence-corrected chi connectivity index (χ4v) is 10.4. The highest BCUT2D eigenvalue weighted by molar-refractivity contribution is 5.85. The number of esters is 1. The normalized spacial score (nSPS) is 43.3. The van der Waals surface area contributed by atoms with Crippen molar-refractivity contribution in [1.29, 1.82) is 0 Å². The first-order valence-electron chi connectivity index (χ1n) is 23.6. The minimum absolute atomic E-state index is 0.0947. The van der Waals surface area contributed by atoms with E-state index >= 15 is 0 Å². The van der Waals surface area contributed by atoms with E-state index < -0.39 is 95.5 Å². The zero-order valence-corrected chi connectivity index (χ0v) is 40.7. The van der Waals surface area contributed by atoms with Crippen molar-refractivity contribution in [2.45, 2.75) is 198 Å². The van der Waals surface area contributed by atoms with Crippen LogP contribution < -0.4 is 20.7 Å². The van der Waals surface area contributed by atoms with Crippen LogP contribution in [-0.4, -0.2) is 155 Å². The summed E-state index contributed by atoms with van der Waals surface area (Å²) in [4.78, 5) is 17.9. The molecule has 18 atom stereocenters. The fourth-order valence-electron chi connectivity index (χ4n) is 10.4. The number of nitrogens with one attached hydrogen (secondary N) is 4. The fraction of sp³-hybridized carbons (Fsp3) is 0.812. The molecule has 8 N–H and O–H groups in total. The molecule has 0 unspecified atom stereocenters. The summed E-state index contributed by atoms with van der Waals surface area (Å²) in [5.41, 5.74) is -5.17. The van der Waals surface area contributed by atoms with Crippen molar-refractivity contribution < 1.29 is 58.4 Å². The number of fused-ring (bicyclic) bond motifs is 1. The number of cyclic esters (lactones) is 1. The number of para-hydroxylation sites is 1. The lowest BCUT2D eigenvalue weighted by Gasteiger charge is -2.53. The number of hydrogen-bond donors (Lipinski definition) is 8. The van der Waals surface area contributed by atoms with E-state index in [0.29, 0.717) is 25.3 Å². The molecule has 16 nitrogen and oxygen atoms in total. The number of aliphatic hydroxyl groups excluding tert-OH is 1. The van der Waals surface area contributed by atoms with Crippen LogP contribution in [0.25, 0.3) is 10.9 Å². The standard InChI is InChI=1S/C48H82N4O12/c1-14-20-50-26-48(57)32(8)60-37(24-46(48,10)58-13)63-39-29(5)42(64-44-40(34(49-12)22-28(4)59-44)61-35-18-16-17-33-19-21-51-38(33)35)45(9,55)23-27(3)25-52-31(7)41(53)47(11,56)36(15-2)62-43(54)30(39)6/h16-19,21,27-32,34,36-37,39-42,44,49-53,55-57H,14-15,20,22-26H2,1-13H3/t27-,28-,29+,30-,31-,32+,34+,36-,37+,39+,40-,41-,42-,44+,45-,46-,47-,48+/m1/s1. The predicted molar refractivity (Wildman–Crippen MR) is 244 cm³/mol. The minimum atomic E-state index is -1.82. The summed E-state index contributed by atoms with van der Waals surface area (Å²) < 4.78 is 46.4. The highest BCUT2D eigenvalue weighted by Crippen LogP contribution is 2.43. The van der Waals surface area contributed by atoms with Crippen LogP contribution in [0.2, 0.25) is 0 Å². The minimum Gasteiger partial charge on any atom is -0.481 e. The summed E-state index contributed by atoms with van der Waals surface area (Å²) in [5.74, 6) is -2.05. The zero-order chi connectivity index (χ0) is 47.4. The van der Waals surface area contributed by atoms with Gasteiger partial charge in [0.1, 0.15) is 34.8 Å². The average molecular weight is 907 g/mol. The van der Waals surface area contributed by atoms with Crippen LogP contribution in [0.15, 0.2) is 30.5 Å². The van der Waals surface area contributed by atoms with Crippen molar-refractivity contribution in [1.82, 2.24) is 20.9 Å². The first kappa shape index (κ1) is 52.5. The molecule has 3 aliphatic heterocycles. The molecule has 1 aromatic heterocycles. The Bertz CT molecular complexity index is 1780.